The van der Waals surface area contributed by atoms with Crippen LogP contribution in [0.25, 0.3) is 0 Å². The van der Waals surface area contributed by atoms with E-state index < -0.39 is 0 Å². The summed E-state index contributed by atoms with van der Waals surface area (Å²) in [5.41, 5.74) is 4.16. The summed E-state index contributed by atoms with van der Waals surface area (Å²) < 4.78 is 3.87. The topological polar surface area (TPSA) is 25.8 Å². The SMILES string of the molecule is c1cc2c(cc1SCc1csnn1)CCC2. The summed E-state index contributed by atoms with van der Waals surface area (Å²) in [6.45, 7) is 0. The van der Waals surface area contributed by atoms with Crippen molar-refractivity contribution in [1.29, 1.82) is 0 Å². The van der Waals surface area contributed by atoms with Crippen molar-refractivity contribution in [3.63, 3.8) is 0 Å². The molecule has 82 valence electrons. The van der Waals surface area contributed by atoms with Crippen LogP contribution in [0.2, 0.25) is 0 Å². The van der Waals surface area contributed by atoms with Crippen LogP contribution in [0, 0.1) is 0 Å². The van der Waals surface area contributed by atoms with Gasteiger partial charge in [-0.2, -0.15) is 0 Å². The Kier molecular flexibility index (Phi) is 2.93. The summed E-state index contributed by atoms with van der Waals surface area (Å²) in [7, 11) is 0. The maximum atomic E-state index is 4.05. The van der Waals surface area contributed by atoms with Crippen LogP contribution in [0.15, 0.2) is 28.5 Å². The first-order valence-corrected chi connectivity index (χ1v) is 7.24. The van der Waals surface area contributed by atoms with Crippen molar-refractivity contribution in [3.8, 4) is 0 Å². The molecule has 4 heteroatoms. The molecule has 1 aliphatic carbocycles. The van der Waals surface area contributed by atoms with Gasteiger partial charge in [0.2, 0.25) is 0 Å². The molecule has 1 heterocycles. The zero-order valence-corrected chi connectivity index (χ0v) is 10.5. The van der Waals surface area contributed by atoms with Crippen molar-refractivity contribution < 1.29 is 0 Å². The highest BCUT2D eigenvalue weighted by Gasteiger charge is 2.10. The first-order chi connectivity index (χ1) is 7.92. The van der Waals surface area contributed by atoms with Gasteiger partial charge in [-0.25, -0.2) is 0 Å². The van der Waals surface area contributed by atoms with Crippen molar-refractivity contribution in [1.82, 2.24) is 9.59 Å². The van der Waals surface area contributed by atoms with Gasteiger partial charge >= 0.3 is 0 Å². The molecule has 1 aromatic heterocycles. The molecule has 1 aliphatic rings. The summed E-state index contributed by atoms with van der Waals surface area (Å²) >= 11 is 3.27. The summed E-state index contributed by atoms with van der Waals surface area (Å²) in [4.78, 5) is 1.36. The second kappa shape index (κ2) is 4.55. The normalized spacial score (nSPS) is 14.0. The van der Waals surface area contributed by atoms with Crippen LogP contribution in [0.4, 0.5) is 0 Å². The first-order valence-electron chi connectivity index (χ1n) is 5.42. The second-order valence-electron chi connectivity index (χ2n) is 3.97. The van der Waals surface area contributed by atoms with E-state index in [0.29, 0.717) is 0 Å². The Morgan fingerprint density at radius 2 is 2.19 bits per heavy atom. The van der Waals surface area contributed by atoms with E-state index in [0.717, 1.165) is 11.4 Å². The molecular formula is C12H12N2S2. The third-order valence-electron chi connectivity index (χ3n) is 2.86. The smallest absolute Gasteiger partial charge is 0.0857 e. The Morgan fingerprint density at radius 3 is 3.06 bits per heavy atom. The molecule has 0 saturated heterocycles. The van der Waals surface area contributed by atoms with Crippen molar-refractivity contribution >= 4 is 23.3 Å². The van der Waals surface area contributed by atoms with Gasteiger partial charge in [0.05, 0.1) is 5.69 Å². The van der Waals surface area contributed by atoms with Gasteiger partial charge in [-0.3, -0.25) is 0 Å². The predicted octanol–water partition coefficient (Wildman–Crippen LogP) is 3.32. The van der Waals surface area contributed by atoms with Gasteiger partial charge in [-0.05, 0) is 54.1 Å². The van der Waals surface area contributed by atoms with Gasteiger partial charge < -0.3 is 0 Å². The fraction of sp³-hybridized carbons (Fsp3) is 0.333. The lowest BCUT2D eigenvalue weighted by molar-refractivity contribution is 0.911. The van der Waals surface area contributed by atoms with E-state index in [2.05, 4.69) is 27.8 Å². The summed E-state index contributed by atoms with van der Waals surface area (Å²) in [5, 5.41) is 6.07. The van der Waals surface area contributed by atoms with Gasteiger partial charge in [0.25, 0.3) is 0 Å². The van der Waals surface area contributed by atoms with Gasteiger partial charge in [0, 0.05) is 16.0 Å². The van der Waals surface area contributed by atoms with Crippen LogP contribution < -0.4 is 0 Å². The largest absolute Gasteiger partial charge is 0.142 e. The summed E-state index contributed by atoms with van der Waals surface area (Å²) in [5.74, 6) is 0.926. The number of aromatic nitrogens is 2. The Balaban J connectivity index is 1.71. The van der Waals surface area contributed by atoms with Crippen molar-refractivity contribution in [2.45, 2.75) is 29.9 Å². The van der Waals surface area contributed by atoms with E-state index in [9.17, 15) is 0 Å². The van der Waals surface area contributed by atoms with E-state index in [4.69, 9.17) is 0 Å². The zero-order chi connectivity index (χ0) is 10.8. The van der Waals surface area contributed by atoms with E-state index >= 15 is 0 Å². The molecule has 0 fully saturated rings. The van der Waals surface area contributed by atoms with E-state index in [-0.39, 0.29) is 0 Å². The Hall–Kier alpha value is -0.870. The predicted molar refractivity (Wildman–Crippen MR) is 67.9 cm³/mol. The molecule has 0 spiro atoms. The average Bonchev–Trinajstić information content (AvgIpc) is 2.97. The number of nitrogens with zero attached hydrogens (tertiary/aromatic N) is 2. The monoisotopic (exact) mass is 248 g/mol. The molecule has 0 aliphatic heterocycles. The number of thioether (sulfide) groups is 1. The Bertz CT molecular complexity index is 480. The van der Waals surface area contributed by atoms with Crippen LogP contribution >= 0.6 is 23.3 Å². The molecule has 0 radical (unpaired) electrons. The molecule has 0 amide bonds. The quantitative estimate of drug-likeness (QED) is 0.779. The van der Waals surface area contributed by atoms with Gasteiger partial charge in [-0.15, -0.1) is 16.9 Å². The molecular weight excluding hydrogens is 236 g/mol. The lowest BCUT2D eigenvalue weighted by Gasteiger charge is -2.03. The lowest BCUT2D eigenvalue weighted by atomic mass is 10.1. The zero-order valence-electron chi connectivity index (χ0n) is 8.85. The van der Waals surface area contributed by atoms with Crippen molar-refractivity contribution in [2.24, 2.45) is 0 Å². The molecule has 0 N–H and O–H groups in total. The molecule has 2 nitrogen and oxygen atoms in total. The fourth-order valence-electron chi connectivity index (χ4n) is 2.04. The number of rotatable bonds is 3. The molecule has 0 unspecified atom stereocenters. The van der Waals surface area contributed by atoms with Crippen LogP contribution in [-0.2, 0) is 18.6 Å². The highest BCUT2D eigenvalue weighted by Crippen LogP contribution is 2.29. The maximum Gasteiger partial charge on any atom is 0.0857 e. The molecule has 16 heavy (non-hydrogen) atoms. The number of fused-ring (bicyclic) bond motifs is 1. The third kappa shape index (κ3) is 2.13. The molecule has 0 atom stereocenters. The molecule has 2 aromatic rings. The fourth-order valence-corrected chi connectivity index (χ4v) is 3.44. The van der Waals surface area contributed by atoms with E-state index in [1.165, 1.54) is 35.7 Å². The minimum Gasteiger partial charge on any atom is -0.142 e. The number of hydrogen-bond donors (Lipinski definition) is 0. The minimum absolute atomic E-state index is 0.926. The number of hydrogen-bond acceptors (Lipinski definition) is 4. The standard InChI is InChI=1S/C12H12N2S2/c1-2-9-4-5-12(6-10(9)3-1)15-7-11-8-16-14-13-11/h4-6,8H,1-3,7H2. The van der Waals surface area contributed by atoms with Gasteiger partial charge in [0.1, 0.15) is 0 Å². The van der Waals surface area contributed by atoms with Crippen LogP contribution in [-0.4, -0.2) is 9.59 Å². The Morgan fingerprint density at radius 1 is 1.25 bits per heavy atom. The van der Waals surface area contributed by atoms with E-state index in [1.807, 2.05) is 17.1 Å². The molecule has 0 bridgehead atoms. The third-order valence-corrected chi connectivity index (χ3v) is 4.44. The van der Waals surface area contributed by atoms with E-state index in [1.54, 1.807) is 11.1 Å². The highest BCUT2D eigenvalue weighted by atomic mass is 32.2. The van der Waals surface area contributed by atoms with Crippen LogP contribution in [0.3, 0.4) is 0 Å². The highest BCUT2D eigenvalue weighted by molar-refractivity contribution is 7.98. The second-order valence-corrected chi connectivity index (χ2v) is 5.63. The molecule has 1 aromatic carbocycles. The maximum absolute atomic E-state index is 4.05. The summed E-state index contributed by atoms with van der Waals surface area (Å²) in [6.07, 6.45) is 3.83. The van der Waals surface area contributed by atoms with Gasteiger partial charge in [0.15, 0.2) is 0 Å². The van der Waals surface area contributed by atoms with Crippen LogP contribution in [0.1, 0.15) is 23.2 Å². The molecule has 0 saturated carbocycles. The first kappa shape index (κ1) is 10.3. The van der Waals surface area contributed by atoms with Crippen LogP contribution in [0.5, 0.6) is 0 Å². The number of benzene rings is 1. The summed E-state index contributed by atoms with van der Waals surface area (Å²) in [6, 6.07) is 6.85. The van der Waals surface area contributed by atoms with Gasteiger partial charge in [-0.1, -0.05) is 10.6 Å². The molecule has 3 rings (SSSR count). The van der Waals surface area contributed by atoms with Crippen molar-refractivity contribution in [2.75, 3.05) is 0 Å². The Labute approximate surface area is 103 Å². The van der Waals surface area contributed by atoms with Crippen molar-refractivity contribution in [3.05, 3.63) is 40.4 Å². The lowest BCUT2D eigenvalue weighted by Crippen LogP contribution is -1.84. The average molecular weight is 248 g/mol. The number of aryl methyl sites for hydroxylation is 2. The minimum atomic E-state index is 0.926.